The molecule has 1 fully saturated rings. The first kappa shape index (κ1) is 15.7. The Morgan fingerprint density at radius 3 is 3.10 bits per heavy atom. The average molecular weight is 296 g/mol. The van der Waals surface area contributed by atoms with Crippen molar-refractivity contribution in [2.24, 2.45) is 0 Å². The molecule has 1 saturated heterocycles. The molecular weight excluding hydrogens is 275 g/mol. The summed E-state index contributed by atoms with van der Waals surface area (Å²) in [5, 5.41) is 6.09. The maximum Gasteiger partial charge on any atom is 0.222 e. The molecule has 1 heterocycles. The van der Waals surface area contributed by atoms with E-state index in [1.54, 1.807) is 13.0 Å². The first-order chi connectivity index (χ1) is 10.1. The molecular formula is C15H21FN2O3. The Morgan fingerprint density at radius 1 is 1.62 bits per heavy atom. The zero-order valence-electron chi connectivity index (χ0n) is 12.3. The van der Waals surface area contributed by atoms with E-state index in [1.165, 1.54) is 19.2 Å². The second kappa shape index (κ2) is 7.38. The fourth-order valence-electron chi connectivity index (χ4n) is 2.40. The number of hydrogen-bond acceptors (Lipinski definition) is 4. The Labute approximate surface area is 123 Å². The van der Waals surface area contributed by atoms with Crippen LogP contribution in [-0.2, 0) is 9.53 Å². The minimum absolute atomic E-state index is 0.0281. The Balaban J connectivity index is 1.95. The largest absolute Gasteiger partial charge is 0.496 e. The van der Waals surface area contributed by atoms with Crippen molar-refractivity contribution in [1.82, 2.24) is 10.6 Å². The molecule has 2 unspecified atom stereocenters. The van der Waals surface area contributed by atoms with E-state index in [1.807, 2.05) is 0 Å². The van der Waals surface area contributed by atoms with Gasteiger partial charge in [0.05, 0.1) is 26.4 Å². The second-order valence-corrected chi connectivity index (χ2v) is 5.11. The molecule has 0 bridgehead atoms. The number of benzene rings is 1. The molecule has 6 heteroatoms. The molecule has 0 spiro atoms. The van der Waals surface area contributed by atoms with Crippen molar-refractivity contribution in [3.63, 3.8) is 0 Å². The lowest BCUT2D eigenvalue weighted by atomic mass is 10.1. The van der Waals surface area contributed by atoms with E-state index >= 15 is 0 Å². The SMILES string of the molecule is COc1ccc(F)cc1C(C)NC(=O)CC1COCCN1. The van der Waals surface area contributed by atoms with Crippen molar-refractivity contribution < 1.29 is 18.7 Å². The standard InChI is InChI=1S/C15H21FN2O3/c1-10(13-7-11(16)3-4-14(13)20-2)18-15(19)8-12-9-21-6-5-17-12/h3-4,7,10,12,17H,5-6,8-9H2,1-2H3,(H,18,19). The first-order valence-electron chi connectivity index (χ1n) is 7.04. The van der Waals surface area contributed by atoms with Crippen molar-refractivity contribution in [3.8, 4) is 5.75 Å². The number of halogens is 1. The van der Waals surface area contributed by atoms with Gasteiger partial charge in [0, 0.05) is 24.6 Å². The van der Waals surface area contributed by atoms with E-state index in [4.69, 9.17) is 9.47 Å². The summed E-state index contributed by atoms with van der Waals surface area (Å²) in [4.78, 5) is 12.0. The minimum Gasteiger partial charge on any atom is -0.496 e. The Morgan fingerprint density at radius 2 is 2.43 bits per heavy atom. The number of morpholine rings is 1. The lowest BCUT2D eigenvalue weighted by Gasteiger charge is -2.24. The molecule has 1 aliphatic heterocycles. The fourth-order valence-corrected chi connectivity index (χ4v) is 2.40. The third-order valence-electron chi connectivity index (χ3n) is 3.47. The molecule has 1 amide bonds. The predicted octanol–water partition coefficient (Wildman–Crippen LogP) is 1.39. The molecule has 5 nitrogen and oxygen atoms in total. The molecule has 0 aliphatic carbocycles. The van der Waals surface area contributed by atoms with Gasteiger partial charge in [-0.2, -0.15) is 0 Å². The van der Waals surface area contributed by atoms with E-state index in [-0.39, 0.29) is 23.8 Å². The highest BCUT2D eigenvalue weighted by molar-refractivity contribution is 5.77. The van der Waals surface area contributed by atoms with Crippen LogP contribution >= 0.6 is 0 Å². The van der Waals surface area contributed by atoms with Gasteiger partial charge in [0.15, 0.2) is 0 Å². The van der Waals surface area contributed by atoms with E-state index < -0.39 is 0 Å². The average Bonchev–Trinajstić information content (AvgIpc) is 2.48. The molecule has 116 valence electrons. The summed E-state index contributed by atoms with van der Waals surface area (Å²) in [5.74, 6) is 0.106. The van der Waals surface area contributed by atoms with Gasteiger partial charge in [-0.05, 0) is 25.1 Å². The number of methoxy groups -OCH3 is 1. The van der Waals surface area contributed by atoms with Gasteiger partial charge in [-0.1, -0.05) is 0 Å². The number of amides is 1. The van der Waals surface area contributed by atoms with Crippen LogP contribution in [0, 0.1) is 5.82 Å². The fraction of sp³-hybridized carbons (Fsp3) is 0.533. The second-order valence-electron chi connectivity index (χ2n) is 5.11. The number of ether oxygens (including phenoxy) is 2. The molecule has 1 aromatic carbocycles. The summed E-state index contributed by atoms with van der Waals surface area (Å²) in [6.45, 7) is 3.77. The number of nitrogens with one attached hydrogen (secondary N) is 2. The maximum atomic E-state index is 13.4. The lowest BCUT2D eigenvalue weighted by Crippen LogP contribution is -2.44. The van der Waals surface area contributed by atoms with Crippen LogP contribution in [0.5, 0.6) is 5.75 Å². The van der Waals surface area contributed by atoms with Crippen molar-refractivity contribution >= 4 is 5.91 Å². The first-order valence-corrected chi connectivity index (χ1v) is 7.04. The molecule has 21 heavy (non-hydrogen) atoms. The third kappa shape index (κ3) is 4.41. The van der Waals surface area contributed by atoms with Crippen LogP contribution in [0.3, 0.4) is 0 Å². The number of hydrogen-bond donors (Lipinski definition) is 2. The van der Waals surface area contributed by atoms with Gasteiger partial charge in [0.2, 0.25) is 5.91 Å². The highest BCUT2D eigenvalue weighted by atomic mass is 19.1. The lowest BCUT2D eigenvalue weighted by molar-refractivity contribution is -0.122. The Hall–Kier alpha value is -1.66. The number of rotatable bonds is 5. The summed E-state index contributed by atoms with van der Waals surface area (Å²) in [6, 6.07) is 3.98. The Bertz CT molecular complexity index is 490. The van der Waals surface area contributed by atoms with Gasteiger partial charge in [-0.15, -0.1) is 0 Å². The van der Waals surface area contributed by atoms with Gasteiger partial charge in [-0.25, -0.2) is 4.39 Å². The van der Waals surface area contributed by atoms with Crippen molar-refractivity contribution in [2.45, 2.75) is 25.4 Å². The van der Waals surface area contributed by atoms with Gasteiger partial charge < -0.3 is 20.1 Å². The highest BCUT2D eigenvalue weighted by Crippen LogP contribution is 2.25. The Kier molecular flexibility index (Phi) is 5.52. The van der Waals surface area contributed by atoms with Gasteiger partial charge in [0.1, 0.15) is 11.6 Å². The highest BCUT2D eigenvalue weighted by Gasteiger charge is 2.20. The van der Waals surface area contributed by atoms with Gasteiger partial charge in [-0.3, -0.25) is 4.79 Å². The molecule has 2 atom stereocenters. The zero-order chi connectivity index (χ0) is 15.2. The molecule has 0 radical (unpaired) electrons. The van der Waals surface area contributed by atoms with E-state index in [0.29, 0.717) is 30.9 Å². The van der Waals surface area contributed by atoms with E-state index in [9.17, 15) is 9.18 Å². The van der Waals surface area contributed by atoms with Crippen LogP contribution in [0.15, 0.2) is 18.2 Å². The number of carbonyl (C=O) groups is 1. The van der Waals surface area contributed by atoms with Crippen molar-refractivity contribution in [3.05, 3.63) is 29.6 Å². The van der Waals surface area contributed by atoms with E-state index in [0.717, 1.165) is 6.54 Å². The quantitative estimate of drug-likeness (QED) is 0.862. The summed E-state index contributed by atoms with van der Waals surface area (Å²) >= 11 is 0. The van der Waals surface area contributed by atoms with Crippen LogP contribution in [0.25, 0.3) is 0 Å². The van der Waals surface area contributed by atoms with Crippen LogP contribution in [-0.4, -0.2) is 38.8 Å². The third-order valence-corrected chi connectivity index (χ3v) is 3.47. The topological polar surface area (TPSA) is 59.6 Å². The summed E-state index contributed by atoms with van der Waals surface area (Å²) in [6.07, 6.45) is 0.335. The van der Waals surface area contributed by atoms with Crippen LogP contribution in [0.1, 0.15) is 24.9 Å². The van der Waals surface area contributed by atoms with Crippen LogP contribution in [0.2, 0.25) is 0 Å². The van der Waals surface area contributed by atoms with E-state index in [2.05, 4.69) is 10.6 Å². The van der Waals surface area contributed by atoms with Crippen LogP contribution < -0.4 is 15.4 Å². The molecule has 0 aromatic heterocycles. The summed E-state index contributed by atoms with van der Waals surface area (Å²) in [7, 11) is 1.52. The predicted molar refractivity (Wildman–Crippen MR) is 76.7 cm³/mol. The van der Waals surface area contributed by atoms with Crippen LogP contribution in [0.4, 0.5) is 4.39 Å². The van der Waals surface area contributed by atoms with Crippen molar-refractivity contribution in [1.29, 1.82) is 0 Å². The zero-order valence-corrected chi connectivity index (χ0v) is 12.3. The smallest absolute Gasteiger partial charge is 0.222 e. The monoisotopic (exact) mass is 296 g/mol. The molecule has 0 saturated carbocycles. The summed E-state index contributed by atoms with van der Waals surface area (Å²) < 4.78 is 23.9. The minimum atomic E-state index is -0.353. The molecule has 1 aliphatic rings. The molecule has 2 N–H and O–H groups in total. The van der Waals surface area contributed by atoms with Gasteiger partial charge >= 0.3 is 0 Å². The molecule has 2 rings (SSSR count). The summed E-state index contributed by atoms with van der Waals surface area (Å²) in [5.41, 5.74) is 0.624. The molecule has 1 aromatic rings. The number of carbonyl (C=O) groups excluding carboxylic acids is 1. The van der Waals surface area contributed by atoms with Gasteiger partial charge in [0.25, 0.3) is 0 Å². The van der Waals surface area contributed by atoms with Crippen molar-refractivity contribution in [2.75, 3.05) is 26.9 Å². The normalized spacial score (nSPS) is 19.9. The maximum absolute atomic E-state index is 13.4.